The summed E-state index contributed by atoms with van der Waals surface area (Å²) in [7, 11) is 1.32. The molecule has 0 bridgehead atoms. The fraction of sp³-hybridized carbons (Fsp3) is 0.333. The Labute approximate surface area is 109 Å². The van der Waals surface area contributed by atoms with Crippen molar-refractivity contribution in [2.24, 2.45) is 0 Å². The Hall–Kier alpha value is -2.31. The predicted octanol–water partition coefficient (Wildman–Crippen LogP) is 1.35. The number of rotatable bonds is 4. The van der Waals surface area contributed by atoms with Crippen LogP contribution < -0.4 is 0 Å². The summed E-state index contributed by atoms with van der Waals surface area (Å²) in [5, 5.41) is 11.8. The van der Waals surface area contributed by atoms with Gasteiger partial charge in [0.1, 0.15) is 5.82 Å². The summed E-state index contributed by atoms with van der Waals surface area (Å²) in [5.74, 6) is -0.216. The average Bonchev–Trinajstić information content (AvgIpc) is 2.88. The smallest absolute Gasteiger partial charge is 0.307 e. The molecule has 2 rings (SSSR count). The molecule has 0 radical (unpaired) electrons. The van der Waals surface area contributed by atoms with Crippen LogP contribution in [0.1, 0.15) is 12.0 Å². The van der Waals surface area contributed by atoms with Crippen LogP contribution in [0.2, 0.25) is 0 Å². The van der Waals surface area contributed by atoms with Gasteiger partial charge in [-0.25, -0.2) is 4.39 Å². The molecule has 2 aromatic rings. The third-order valence-corrected chi connectivity index (χ3v) is 2.61. The number of methoxy groups -OCH3 is 1. The highest BCUT2D eigenvalue weighted by atomic mass is 19.1. The molecule has 0 fully saturated rings. The number of hydrogen-bond acceptors (Lipinski definition) is 5. The fourth-order valence-electron chi connectivity index (χ4n) is 1.53. The number of halogens is 1. The van der Waals surface area contributed by atoms with E-state index in [9.17, 15) is 9.18 Å². The van der Waals surface area contributed by atoms with Gasteiger partial charge in [0.2, 0.25) is 5.82 Å². The number of tetrazole rings is 1. The average molecular weight is 264 g/mol. The molecule has 1 heterocycles. The second kappa shape index (κ2) is 5.55. The fourth-order valence-corrected chi connectivity index (χ4v) is 1.53. The monoisotopic (exact) mass is 264 g/mol. The molecular weight excluding hydrogens is 251 g/mol. The standard InChI is InChI=1S/C12H13FN4O2/c1-8-7-9(3-4-10(8)13)12-14-16-17(15-12)6-5-11(18)19-2/h3-4,7H,5-6H2,1-2H3. The largest absolute Gasteiger partial charge is 0.469 e. The lowest BCUT2D eigenvalue weighted by atomic mass is 10.1. The Morgan fingerprint density at radius 3 is 2.95 bits per heavy atom. The van der Waals surface area contributed by atoms with Crippen LogP contribution in [0.5, 0.6) is 0 Å². The Morgan fingerprint density at radius 2 is 2.26 bits per heavy atom. The molecule has 0 aliphatic carbocycles. The van der Waals surface area contributed by atoms with Crippen molar-refractivity contribution in [3.05, 3.63) is 29.6 Å². The summed E-state index contributed by atoms with van der Waals surface area (Å²) in [6.07, 6.45) is 0.175. The van der Waals surface area contributed by atoms with E-state index < -0.39 is 0 Å². The third-order valence-electron chi connectivity index (χ3n) is 2.61. The van der Waals surface area contributed by atoms with Crippen molar-refractivity contribution >= 4 is 5.97 Å². The molecule has 0 saturated heterocycles. The van der Waals surface area contributed by atoms with Crippen molar-refractivity contribution < 1.29 is 13.9 Å². The predicted molar refractivity (Wildman–Crippen MR) is 64.6 cm³/mol. The van der Waals surface area contributed by atoms with Crippen LogP contribution in [-0.2, 0) is 16.1 Å². The molecule has 7 heteroatoms. The summed E-state index contributed by atoms with van der Waals surface area (Å²) >= 11 is 0. The molecule has 0 saturated carbocycles. The van der Waals surface area contributed by atoms with Crippen molar-refractivity contribution in [3.8, 4) is 11.4 Å². The maximum atomic E-state index is 13.2. The van der Waals surface area contributed by atoms with Crippen LogP contribution in [0, 0.1) is 12.7 Å². The zero-order valence-corrected chi connectivity index (χ0v) is 10.6. The molecule has 0 unspecified atom stereocenters. The van der Waals surface area contributed by atoms with Crippen molar-refractivity contribution in [3.63, 3.8) is 0 Å². The SMILES string of the molecule is COC(=O)CCn1nnc(-c2ccc(F)c(C)c2)n1. The highest BCUT2D eigenvalue weighted by Gasteiger charge is 2.09. The van der Waals surface area contributed by atoms with Crippen LogP contribution >= 0.6 is 0 Å². The number of benzene rings is 1. The highest BCUT2D eigenvalue weighted by Crippen LogP contribution is 2.17. The molecule has 1 aromatic carbocycles. The Morgan fingerprint density at radius 1 is 1.47 bits per heavy atom. The number of ether oxygens (including phenoxy) is 1. The van der Waals surface area contributed by atoms with Crippen LogP contribution in [0.15, 0.2) is 18.2 Å². The molecular formula is C12H13FN4O2. The van der Waals surface area contributed by atoms with Gasteiger partial charge < -0.3 is 4.74 Å². The minimum Gasteiger partial charge on any atom is -0.469 e. The Balaban J connectivity index is 2.12. The number of esters is 1. The second-order valence-electron chi connectivity index (χ2n) is 4.00. The lowest BCUT2D eigenvalue weighted by Gasteiger charge is -1.99. The summed E-state index contributed by atoms with van der Waals surface area (Å²) in [5.41, 5.74) is 1.20. The van der Waals surface area contributed by atoms with E-state index in [1.54, 1.807) is 19.1 Å². The number of carbonyl (C=O) groups excluding carboxylic acids is 1. The van der Waals surface area contributed by atoms with Gasteiger partial charge in [-0.2, -0.15) is 4.80 Å². The van der Waals surface area contributed by atoms with Crippen molar-refractivity contribution in [2.75, 3.05) is 7.11 Å². The van der Waals surface area contributed by atoms with Crippen LogP contribution in [0.4, 0.5) is 4.39 Å². The zero-order chi connectivity index (χ0) is 13.8. The van der Waals surface area contributed by atoms with E-state index in [1.165, 1.54) is 18.0 Å². The van der Waals surface area contributed by atoms with E-state index in [0.29, 0.717) is 23.5 Å². The molecule has 0 spiro atoms. The first-order valence-electron chi connectivity index (χ1n) is 5.71. The van der Waals surface area contributed by atoms with E-state index in [0.717, 1.165) is 0 Å². The van der Waals surface area contributed by atoms with Crippen LogP contribution in [0.25, 0.3) is 11.4 Å². The quantitative estimate of drug-likeness (QED) is 0.780. The molecule has 100 valence electrons. The first-order chi connectivity index (χ1) is 9.10. The maximum absolute atomic E-state index is 13.2. The van der Waals surface area contributed by atoms with Gasteiger partial charge in [0.15, 0.2) is 0 Å². The summed E-state index contributed by atoms with van der Waals surface area (Å²) in [6, 6.07) is 4.60. The summed E-state index contributed by atoms with van der Waals surface area (Å²) in [6.45, 7) is 1.96. The van der Waals surface area contributed by atoms with Gasteiger partial charge >= 0.3 is 5.97 Å². The number of hydrogen-bond donors (Lipinski definition) is 0. The normalized spacial score (nSPS) is 10.5. The minimum atomic E-state index is -0.337. The molecule has 0 aliphatic heterocycles. The molecule has 0 aliphatic rings. The Bertz CT molecular complexity index is 597. The first-order valence-corrected chi connectivity index (χ1v) is 5.71. The lowest BCUT2D eigenvalue weighted by Crippen LogP contribution is -2.09. The van der Waals surface area contributed by atoms with Gasteiger partial charge in [0.25, 0.3) is 0 Å². The topological polar surface area (TPSA) is 69.9 Å². The molecule has 0 atom stereocenters. The van der Waals surface area contributed by atoms with E-state index >= 15 is 0 Å². The summed E-state index contributed by atoms with van der Waals surface area (Å²) in [4.78, 5) is 12.3. The van der Waals surface area contributed by atoms with Crippen molar-refractivity contribution in [1.29, 1.82) is 0 Å². The molecule has 6 nitrogen and oxygen atoms in total. The molecule has 19 heavy (non-hydrogen) atoms. The summed E-state index contributed by atoms with van der Waals surface area (Å²) < 4.78 is 17.7. The van der Waals surface area contributed by atoms with Crippen LogP contribution in [0.3, 0.4) is 0 Å². The van der Waals surface area contributed by atoms with E-state index in [2.05, 4.69) is 20.1 Å². The highest BCUT2D eigenvalue weighted by molar-refractivity contribution is 5.68. The second-order valence-corrected chi connectivity index (χ2v) is 4.00. The number of carbonyl (C=O) groups is 1. The lowest BCUT2D eigenvalue weighted by molar-refractivity contribution is -0.140. The van der Waals surface area contributed by atoms with Gasteiger partial charge in [-0.15, -0.1) is 10.2 Å². The Kier molecular flexibility index (Phi) is 3.84. The number of nitrogens with zero attached hydrogens (tertiary/aromatic N) is 4. The molecule has 0 N–H and O–H groups in total. The van der Waals surface area contributed by atoms with E-state index in [-0.39, 0.29) is 18.2 Å². The van der Waals surface area contributed by atoms with Gasteiger partial charge in [-0.05, 0) is 35.9 Å². The van der Waals surface area contributed by atoms with Crippen LogP contribution in [-0.4, -0.2) is 33.3 Å². The van der Waals surface area contributed by atoms with Crippen molar-refractivity contribution in [2.45, 2.75) is 19.9 Å². The first kappa shape index (κ1) is 13.1. The van der Waals surface area contributed by atoms with E-state index in [4.69, 9.17) is 0 Å². The van der Waals surface area contributed by atoms with Gasteiger partial charge in [0.05, 0.1) is 20.1 Å². The van der Waals surface area contributed by atoms with Gasteiger partial charge in [-0.1, -0.05) is 0 Å². The van der Waals surface area contributed by atoms with Gasteiger partial charge in [-0.3, -0.25) is 4.79 Å². The van der Waals surface area contributed by atoms with E-state index in [1.807, 2.05) is 0 Å². The molecule has 1 aromatic heterocycles. The van der Waals surface area contributed by atoms with Gasteiger partial charge in [0, 0.05) is 5.56 Å². The van der Waals surface area contributed by atoms with Crippen molar-refractivity contribution in [1.82, 2.24) is 20.2 Å². The number of aromatic nitrogens is 4. The third kappa shape index (κ3) is 3.12. The zero-order valence-electron chi connectivity index (χ0n) is 10.6. The maximum Gasteiger partial charge on any atom is 0.307 e. The number of aryl methyl sites for hydroxylation is 2. The minimum absolute atomic E-state index is 0.175. The molecule has 0 amide bonds.